The van der Waals surface area contributed by atoms with E-state index in [0.29, 0.717) is 19.8 Å². The van der Waals surface area contributed by atoms with Crippen LogP contribution in [0.5, 0.6) is 11.5 Å². The van der Waals surface area contributed by atoms with E-state index in [4.69, 9.17) is 14.0 Å². The highest BCUT2D eigenvalue weighted by Crippen LogP contribution is 2.32. The quantitative estimate of drug-likeness (QED) is 0.906. The number of aryl methyl sites for hydroxylation is 2. The number of nitrogens with one attached hydrogen (secondary N) is 1. The van der Waals surface area contributed by atoms with Crippen molar-refractivity contribution in [2.45, 2.75) is 39.8 Å². The summed E-state index contributed by atoms with van der Waals surface area (Å²) in [6.45, 7) is 7.41. The van der Waals surface area contributed by atoms with Gasteiger partial charge in [0, 0.05) is 19.0 Å². The van der Waals surface area contributed by atoms with Crippen LogP contribution in [-0.2, 0) is 6.54 Å². The third kappa shape index (κ3) is 3.92. The largest absolute Gasteiger partial charge is 0.490 e. The predicted octanol–water partition coefficient (Wildman–Crippen LogP) is 3.36. The summed E-state index contributed by atoms with van der Waals surface area (Å²) in [6.07, 6.45) is 0.864. The van der Waals surface area contributed by atoms with Crippen LogP contribution in [0.2, 0.25) is 0 Å². The lowest BCUT2D eigenvalue weighted by Crippen LogP contribution is -2.38. The van der Waals surface area contributed by atoms with Crippen molar-refractivity contribution in [2.24, 2.45) is 0 Å². The van der Waals surface area contributed by atoms with Gasteiger partial charge in [-0.25, -0.2) is 4.79 Å². The molecule has 1 N–H and O–H groups in total. The van der Waals surface area contributed by atoms with E-state index in [0.717, 1.165) is 40.5 Å². The lowest BCUT2D eigenvalue weighted by Gasteiger charge is -2.22. The molecule has 0 spiro atoms. The predicted molar refractivity (Wildman–Crippen MR) is 96.4 cm³/mol. The molecule has 26 heavy (non-hydrogen) atoms. The first-order valence-corrected chi connectivity index (χ1v) is 8.78. The van der Waals surface area contributed by atoms with Crippen molar-refractivity contribution in [3.63, 3.8) is 0 Å². The molecule has 0 aliphatic carbocycles. The number of urea groups is 1. The lowest BCUT2D eigenvalue weighted by atomic mass is 10.1. The average molecular weight is 359 g/mol. The fourth-order valence-corrected chi connectivity index (χ4v) is 2.86. The molecule has 140 valence electrons. The summed E-state index contributed by atoms with van der Waals surface area (Å²) in [6, 6.07) is 5.45. The van der Waals surface area contributed by atoms with E-state index in [2.05, 4.69) is 10.5 Å². The molecule has 0 saturated heterocycles. The minimum absolute atomic E-state index is 0.160. The smallest absolute Gasteiger partial charge is 0.317 e. The summed E-state index contributed by atoms with van der Waals surface area (Å²) in [4.78, 5) is 14.1. The third-order valence-corrected chi connectivity index (χ3v) is 4.53. The van der Waals surface area contributed by atoms with Crippen molar-refractivity contribution in [1.82, 2.24) is 15.4 Å². The first kappa shape index (κ1) is 18.1. The summed E-state index contributed by atoms with van der Waals surface area (Å²) in [5.74, 6) is 2.21. The molecule has 0 fully saturated rings. The summed E-state index contributed by atoms with van der Waals surface area (Å²) in [5, 5.41) is 6.94. The molecule has 1 unspecified atom stereocenters. The number of benzene rings is 1. The van der Waals surface area contributed by atoms with Gasteiger partial charge in [0.1, 0.15) is 5.76 Å². The number of aromatic nitrogens is 1. The van der Waals surface area contributed by atoms with Crippen molar-refractivity contribution in [2.75, 3.05) is 20.3 Å². The van der Waals surface area contributed by atoms with Crippen LogP contribution < -0.4 is 14.8 Å². The molecule has 2 aromatic rings. The number of carbonyl (C=O) groups excluding carboxylic acids is 1. The number of fused-ring (bicyclic) bond motifs is 1. The van der Waals surface area contributed by atoms with Crippen LogP contribution in [0.4, 0.5) is 4.79 Å². The lowest BCUT2D eigenvalue weighted by molar-refractivity contribution is 0.203. The first-order chi connectivity index (χ1) is 12.5. The molecule has 7 heteroatoms. The molecule has 3 rings (SSSR count). The summed E-state index contributed by atoms with van der Waals surface area (Å²) in [7, 11) is 1.75. The molecule has 0 radical (unpaired) electrons. The van der Waals surface area contributed by atoms with Gasteiger partial charge in [0.05, 0.1) is 31.5 Å². The van der Waals surface area contributed by atoms with Crippen LogP contribution in [0.1, 0.15) is 42.0 Å². The van der Waals surface area contributed by atoms with Gasteiger partial charge in [-0.2, -0.15) is 0 Å². The van der Waals surface area contributed by atoms with Gasteiger partial charge in [0.15, 0.2) is 11.5 Å². The maximum atomic E-state index is 12.5. The molecule has 0 saturated carbocycles. The van der Waals surface area contributed by atoms with Crippen molar-refractivity contribution in [3.8, 4) is 11.5 Å². The Morgan fingerprint density at radius 1 is 1.27 bits per heavy atom. The number of amides is 2. The van der Waals surface area contributed by atoms with E-state index in [1.54, 1.807) is 11.9 Å². The van der Waals surface area contributed by atoms with Crippen LogP contribution in [0.15, 0.2) is 22.7 Å². The van der Waals surface area contributed by atoms with Crippen molar-refractivity contribution in [3.05, 3.63) is 40.8 Å². The molecular formula is C19H25N3O4. The summed E-state index contributed by atoms with van der Waals surface area (Å²) < 4.78 is 16.5. The maximum Gasteiger partial charge on any atom is 0.317 e. The molecule has 1 aromatic heterocycles. The van der Waals surface area contributed by atoms with Gasteiger partial charge >= 0.3 is 6.03 Å². The molecule has 1 aromatic carbocycles. The number of ether oxygens (including phenoxy) is 2. The van der Waals surface area contributed by atoms with E-state index < -0.39 is 0 Å². The third-order valence-electron chi connectivity index (χ3n) is 4.53. The van der Waals surface area contributed by atoms with Crippen LogP contribution in [0.25, 0.3) is 0 Å². The summed E-state index contributed by atoms with van der Waals surface area (Å²) >= 11 is 0. The Balaban J connectivity index is 1.64. The second-order valence-electron chi connectivity index (χ2n) is 6.59. The van der Waals surface area contributed by atoms with Gasteiger partial charge in [-0.3, -0.25) is 0 Å². The van der Waals surface area contributed by atoms with Crippen molar-refractivity contribution in [1.29, 1.82) is 0 Å². The Morgan fingerprint density at radius 2 is 2.00 bits per heavy atom. The number of hydrogen-bond donors (Lipinski definition) is 1. The van der Waals surface area contributed by atoms with E-state index in [1.807, 2.05) is 39.0 Å². The molecule has 2 heterocycles. The van der Waals surface area contributed by atoms with Gasteiger partial charge in [0.2, 0.25) is 0 Å². The molecule has 0 bridgehead atoms. The van der Waals surface area contributed by atoms with E-state index >= 15 is 0 Å². The van der Waals surface area contributed by atoms with E-state index in [1.165, 1.54) is 0 Å². The van der Waals surface area contributed by atoms with Crippen molar-refractivity contribution < 1.29 is 18.8 Å². The number of hydrogen-bond acceptors (Lipinski definition) is 5. The second kappa shape index (κ2) is 7.68. The Labute approximate surface area is 153 Å². The molecule has 1 aliphatic rings. The Hall–Kier alpha value is -2.70. The topological polar surface area (TPSA) is 76.8 Å². The second-order valence-corrected chi connectivity index (χ2v) is 6.59. The zero-order valence-corrected chi connectivity index (χ0v) is 15.7. The standard InChI is InChI=1S/C19H25N3O4/c1-12(15-6-7-17-18(10-15)25-9-5-8-24-17)20-19(23)22(4)11-16-13(2)21-26-14(16)3/h6-7,10,12H,5,8-9,11H2,1-4H3,(H,20,23). The fourth-order valence-electron chi connectivity index (χ4n) is 2.86. The minimum atomic E-state index is -0.162. The fraction of sp³-hybridized carbons (Fsp3) is 0.474. The van der Waals surface area contributed by atoms with E-state index in [9.17, 15) is 4.79 Å². The highest BCUT2D eigenvalue weighted by atomic mass is 16.5. The monoisotopic (exact) mass is 359 g/mol. The van der Waals surface area contributed by atoms with E-state index in [-0.39, 0.29) is 12.1 Å². The minimum Gasteiger partial charge on any atom is -0.490 e. The van der Waals surface area contributed by atoms with Crippen molar-refractivity contribution >= 4 is 6.03 Å². The van der Waals surface area contributed by atoms with Gasteiger partial charge in [0.25, 0.3) is 0 Å². The van der Waals surface area contributed by atoms with Gasteiger partial charge in [-0.15, -0.1) is 0 Å². The number of rotatable bonds is 4. The average Bonchev–Trinajstić information content (AvgIpc) is 2.83. The number of carbonyl (C=O) groups is 1. The number of nitrogens with zero attached hydrogens (tertiary/aromatic N) is 2. The van der Waals surface area contributed by atoms with Crippen LogP contribution in [0.3, 0.4) is 0 Å². The Bertz CT molecular complexity index is 768. The van der Waals surface area contributed by atoms with Crippen LogP contribution >= 0.6 is 0 Å². The molecule has 1 aliphatic heterocycles. The SMILES string of the molecule is Cc1noc(C)c1CN(C)C(=O)NC(C)c1ccc2c(c1)OCCCO2. The zero-order chi connectivity index (χ0) is 18.7. The van der Waals surface area contributed by atoms with Crippen LogP contribution in [0, 0.1) is 13.8 Å². The molecule has 2 amide bonds. The highest BCUT2D eigenvalue weighted by molar-refractivity contribution is 5.74. The Kier molecular flexibility index (Phi) is 5.35. The van der Waals surface area contributed by atoms with Crippen LogP contribution in [-0.4, -0.2) is 36.3 Å². The van der Waals surface area contributed by atoms with Gasteiger partial charge in [-0.1, -0.05) is 11.2 Å². The normalized spacial score (nSPS) is 14.5. The summed E-state index contributed by atoms with van der Waals surface area (Å²) in [5.41, 5.74) is 2.71. The Morgan fingerprint density at radius 3 is 2.69 bits per heavy atom. The molecule has 7 nitrogen and oxygen atoms in total. The molecular weight excluding hydrogens is 334 g/mol. The molecule has 1 atom stereocenters. The highest BCUT2D eigenvalue weighted by Gasteiger charge is 2.19. The zero-order valence-electron chi connectivity index (χ0n) is 15.7. The van der Waals surface area contributed by atoms with Gasteiger partial charge < -0.3 is 24.2 Å². The van der Waals surface area contributed by atoms with Gasteiger partial charge in [-0.05, 0) is 38.5 Å². The maximum absolute atomic E-state index is 12.5. The first-order valence-electron chi connectivity index (χ1n) is 8.78.